The lowest BCUT2D eigenvalue weighted by Gasteiger charge is -2.48. The summed E-state index contributed by atoms with van der Waals surface area (Å²) in [4.78, 5) is 30.2. The number of hydrogen-bond acceptors (Lipinski definition) is 5. The Morgan fingerprint density at radius 2 is 1.75 bits per heavy atom. The van der Waals surface area contributed by atoms with Gasteiger partial charge in [-0.2, -0.15) is 0 Å². The van der Waals surface area contributed by atoms with Gasteiger partial charge in [-0.3, -0.25) is 20.1 Å². The summed E-state index contributed by atoms with van der Waals surface area (Å²) in [6, 6.07) is 14.7. The van der Waals surface area contributed by atoms with Gasteiger partial charge in [0.25, 0.3) is 5.91 Å². The summed E-state index contributed by atoms with van der Waals surface area (Å²) in [6.07, 6.45) is 1.58. The number of ether oxygens (including phenoxy) is 1. The van der Waals surface area contributed by atoms with Gasteiger partial charge in [0.05, 0.1) is 12.2 Å². The first-order valence-electron chi connectivity index (χ1n) is 12.3. The molecule has 7 nitrogen and oxygen atoms in total. The van der Waals surface area contributed by atoms with Gasteiger partial charge in [-0.25, -0.2) is 9.18 Å². The molecule has 2 heterocycles. The number of nitrogens with one attached hydrogen (secondary N) is 1. The highest BCUT2D eigenvalue weighted by molar-refractivity contribution is 5.93. The van der Waals surface area contributed by atoms with Crippen molar-refractivity contribution in [3.63, 3.8) is 0 Å². The van der Waals surface area contributed by atoms with E-state index in [0.29, 0.717) is 38.3 Å². The van der Waals surface area contributed by atoms with Crippen LogP contribution in [0.4, 0.5) is 9.18 Å². The van der Waals surface area contributed by atoms with E-state index in [1.807, 2.05) is 64.1 Å². The van der Waals surface area contributed by atoms with Gasteiger partial charge in [0.2, 0.25) is 0 Å². The van der Waals surface area contributed by atoms with E-state index >= 15 is 0 Å². The van der Waals surface area contributed by atoms with Crippen molar-refractivity contribution in [2.75, 3.05) is 26.2 Å². The SMILES string of the molecule is Cc1cc(C2=CC(C)(N3CCN(C(=O)OC(C)(C)C)CC3)C(=O)N(Cc3ccccc3)N2)ccc1F. The molecule has 8 heteroatoms. The standard InChI is InChI=1S/C28H35FN4O3/c1-20-17-22(11-12-23(20)29)24-18-28(5,25(34)33(30-24)19-21-9-7-6-8-10-21)32-15-13-31(14-16-32)26(35)36-27(2,3)4/h6-12,17-18,30H,13-16,19H2,1-5H3. The van der Waals surface area contributed by atoms with E-state index in [1.165, 1.54) is 6.07 Å². The molecule has 0 aromatic heterocycles. The molecule has 0 bridgehead atoms. The Hall–Kier alpha value is -3.39. The Balaban J connectivity index is 1.61. The van der Waals surface area contributed by atoms with Gasteiger partial charge < -0.3 is 9.64 Å². The van der Waals surface area contributed by atoms with Crippen molar-refractivity contribution in [1.29, 1.82) is 0 Å². The number of carbonyl (C=O) groups is 2. The number of halogens is 1. The predicted molar refractivity (Wildman–Crippen MR) is 137 cm³/mol. The van der Waals surface area contributed by atoms with Crippen LogP contribution in [0.25, 0.3) is 5.70 Å². The second-order valence-electron chi connectivity index (χ2n) is 10.6. The molecule has 1 atom stereocenters. The molecular weight excluding hydrogens is 459 g/mol. The van der Waals surface area contributed by atoms with E-state index in [9.17, 15) is 14.0 Å². The number of carbonyl (C=O) groups excluding carboxylic acids is 2. The van der Waals surface area contributed by atoms with Crippen molar-refractivity contribution < 1.29 is 18.7 Å². The molecule has 36 heavy (non-hydrogen) atoms. The molecule has 1 N–H and O–H groups in total. The van der Waals surface area contributed by atoms with E-state index in [2.05, 4.69) is 10.3 Å². The normalized spacial score (nSPS) is 21.2. The minimum Gasteiger partial charge on any atom is -0.444 e. The summed E-state index contributed by atoms with van der Waals surface area (Å²) in [5, 5.41) is 1.63. The fraction of sp³-hybridized carbons (Fsp3) is 0.429. The number of benzene rings is 2. The van der Waals surface area contributed by atoms with Gasteiger partial charge in [-0.1, -0.05) is 30.3 Å². The first-order chi connectivity index (χ1) is 17.0. The summed E-state index contributed by atoms with van der Waals surface area (Å²) < 4.78 is 19.5. The van der Waals surface area contributed by atoms with Crippen LogP contribution < -0.4 is 5.43 Å². The van der Waals surface area contributed by atoms with Crippen molar-refractivity contribution >= 4 is 17.7 Å². The monoisotopic (exact) mass is 494 g/mol. The zero-order valence-corrected chi connectivity index (χ0v) is 21.7. The molecule has 2 aromatic carbocycles. The van der Waals surface area contributed by atoms with Crippen LogP contribution in [0.2, 0.25) is 0 Å². The van der Waals surface area contributed by atoms with Crippen molar-refractivity contribution in [2.24, 2.45) is 0 Å². The lowest BCUT2D eigenvalue weighted by molar-refractivity contribution is -0.146. The van der Waals surface area contributed by atoms with Crippen molar-refractivity contribution in [1.82, 2.24) is 20.2 Å². The number of rotatable bonds is 4. The molecule has 192 valence electrons. The van der Waals surface area contributed by atoms with E-state index < -0.39 is 11.1 Å². The minimum atomic E-state index is -0.947. The van der Waals surface area contributed by atoms with E-state index in [4.69, 9.17) is 4.74 Å². The van der Waals surface area contributed by atoms with Crippen LogP contribution in [-0.2, 0) is 16.1 Å². The second kappa shape index (κ2) is 9.93. The van der Waals surface area contributed by atoms with Crippen LogP contribution in [0.5, 0.6) is 0 Å². The first-order valence-corrected chi connectivity index (χ1v) is 12.3. The van der Waals surface area contributed by atoms with Gasteiger partial charge in [0, 0.05) is 26.2 Å². The third-order valence-corrected chi connectivity index (χ3v) is 6.60. The maximum atomic E-state index is 14.0. The zero-order valence-electron chi connectivity index (χ0n) is 21.7. The lowest BCUT2D eigenvalue weighted by atomic mass is 9.91. The molecule has 1 unspecified atom stereocenters. The quantitative estimate of drug-likeness (QED) is 0.685. The summed E-state index contributed by atoms with van der Waals surface area (Å²) in [5.74, 6) is -0.354. The van der Waals surface area contributed by atoms with E-state index in [1.54, 1.807) is 29.0 Å². The van der Waals surface area contributed by atoms with Crippen LogP contribution in [0.3, 0.4) is 0 Å². The van der Waals surface area contributed by atoms with Gasteiger partial charge in [0.1, 0.15) is 17.0 Å². The number of amides is 2. The maximum absolute atomic E-state index is 14.0. The summed E-state index contributed by atoms with van der Waals surface area (Å²) >= 11 is 0. The highest BCUT2D eigenvalue weighted by Gasteiger charge is 2.45. The van der Waals surface area contributed by atoms with Crippen LogP contribution in [0.15, 0.2) is 54.6 Å². The third kappa shape index (κ3) is 5.54. The van der Waals surface area contributed by atoms with Gasteiger partial charge in [-0.05, 0) is 75.6 Å². The molecule has 0 radical (unpaired) electrons. The second-order valence-corrected chi connectivity index (χ2v) is 10.6. The van der Waals surface area contributed by atoms with Crippen LogP contribution in [0.1, 0.15) is 44.4 Å². The van der Waals surface area contributed by atoms with Crippen LogP contribution >= 0.6 is 0 Å². The Morgan fingerprint density at radius 3 is 2.36 bits per heavy atom. The number of piperazine rings is 1. The highest BCUT2D eigenvalue weighted by atomic mass is 19.1. The maximum Gasteiger partial charge on any atom is 0.410 e. The summed E-state index contributed by atoms with van der Waals surface area (Å²) in [5.41, 5.74) is 4.84. The molecular formula is C28H35FN4O3. The lowest BCUT2D eigenvalue weighted by Crippen LogP contribution is -2.65. The van der Waals surface area contributed by atoms with Crippen molar-refractivity contribution in [2.45, 2.75) is 52.3 Å². The Labute approximate surface area is 212 Å². The minimum absolute atomic E-state index is 0.0837. The van der Waals surface area contributed by atoms with Crippen molar-refractivity contribution in [3.8, 4) is 0 Å². The number of hydrogen-bond donors (Lipinski definition) is 1. The van der Waals surface area contributed by atoms with E-state index in [0.717, 1.165) is 16.8 Å². The summed E-state index contributed by atoms with van der Waals surface area (Å²) in [7, 11) is 0. The highest BCUT2D eigenvalue weighted by Crippen LogP contribution is 2.31. The number of aryl methyl sites for hydroxylation is 1. The largest absolute Gasteiger partial charge is 0.444 e. The zero-order chi connectivity index (χ0) is 26.1. The molecule has 2 aromatic rings. The van der Waals surface area contributed by atoms with Gasteiger partial charge >= 0.3 is 6.09 Å². The van der Waals surface area contributed by atoms with Gasteiger partial charge in [-0.15, -0.1) is 0 Å². The molecule has 4 rings (SSSR count). The molecule has 0 saturated carbocycles. The molecule has 1 fully saturated rings. The number of nitrogens with zero attached hydrogens (tertiary/aromatic N) is 3. The average Bonchev–Trinajstić information content (AvgIpc) is 2.83. The molecule has 0 spiro atoms. The van der Waals surface area contributed by atoms with Crippen molar-refractivity contribution in [3.05, 3.63) is 77.1 Å². The number of hydrazine groups is 1. The fourth-order valence-corrected chi connectivity index (χ4v) is 4.59. The smallest absolute Gasteiger partial charge is 0.410 e. The van der Waals surface area contributed by atoms with Crippen LogP contribution in [0, 0.1) is 12.7 Å². The predicted octanol–water partition coefficient (Wildman–Crippen LogP) is 4.33. The Morgan fingerprint density at radius 1 is 1.08 bits per heavy atom. The molecule has 2 aliphatic heterocycles. The third-order valence-electron chi connectivity index (χ3n) is 6.60. The fourth-order valence-electron chi connectivity index (χ4n) is 4.59. The molecule has 0 aliphatic carbocycles. The molecule has 2 aliphatic rings. The van der Waals surface area contributed by atoms with Gasteiger partial charge in [0.15, 0.2) is 0 Å². The first kappa shape index (κ1) is 25.7. The summed E-state index contributed by atoms with van der Waals surface area (Å²) in [6.45, 7) is 11.5. The van der Waals surface area contributed by atoms with Crippen LogP contribution in [-0.4, -0.2) is 64.1 Å². The Kier molecular flexibility index (Phi) is 7.09. The molecule has 1 saturated heterocycles. The Bertz CT molecular complexity index is 1150. The topological polar surface area (TPSA) is 65.1 Å². The van der Waals surface area contributed by atoms with E-state index in [-0.39, 0.29) is 17.8 Å². The molecule has 2 amide bonds. The average molecular weight is 495 g/mol.